The SMILES string of the molecule is CC(Cc1ccc(F)cc1)NC1CCCCCC1C. The topological polar surface area (TPSA) is 12.0 Å². The summed E-state index contributed by atoms with van der Waals surface area (Å²) in [5, 5.41) is 3.78. The molecule has 1 aromatic carbocycles. The monoisotopic (exact) mass is 263 g/mol. The largest absolute Gasteiger partial charge is 0.311 e. The Labute approximate surface area is 116 Å². The highest BCUT2D eigenvalue weighted by atomic mass is 19.1. The lowest BCUT2D eigenvalue weighted by Gasteiger charge is -2.27. The second kappa shape index (κ2) is 7.04. The van der Waals surface area contributed by atoms with Crippen LogP contribution in [0.3, 0.4) is 0 Å². The third kappa shape index (κ3) is 4.61. The maximum absolute atomic E-state index is 12.9. The Hall–Kier alpha value is -0.890. The van der Waals surface area contributed by atoms with Gasteiger partial charge in [0.25, 0.3) is 0 Å². The Kier molecular flexibility index (Phi) is 5.38. The molecule has 0 saturated heterocycles. The van der Waals surface area contributed by atoms with Crippen molar-refractivity contribution in [1.29, 1.82) is 0 Å². The predicted molar refractivity (Wildman–Crippen MR) is 78.7 cm³/mol. The number of hydrogen-bond acceptors (Lipinski definition) is 1. The average molecular weight is 263 g/mol. The molecule has 3 atom stereocenters. The van der Waals surface area contributed by atoms with Crippen LogP contribution in [0.25, 0.3) is 0 Å². The maximum atomic E-state index is 12.9. The van der Waals surface area contributed by atoms with Crippen LogP contribution in [0.1, 0.15) is 51.5 Å². The fraction of sp³-hybridized carbons (Fsp3) is 0.647. The molecule has 0 aromatic heterocycles. The minimum absolute atomic E-state index is 0.151. The molecule has 1 aliphatic carbocycles. The van der Waals surface area contributed by atoms with Gasteiger partial charge in [0.1, 0.15) is 5.82 Å². The van der Waals surface area contributed by atoms with Crippen molar-refractivity contribution in [2.24, 2.45) is 5.92 Å². The van der Waals surface area contributed by atoms with Gasteiger partial charge in [-0.3, -0.25) is 0 Å². The van der Waals surface area contributed by atoms with Crippen LogP contribution >= 0.6 is 0 Å². The number of nitrogens with one attached hydrogen (secondary N) is 1. The number of rotatable bonds is 4. The summed E-state index contributed by atoms with van der Waals surface area (Å²) in [6.45, 7) is 4.61. The third-order valence-electron chi connectivity index (χ3n) is 4.32. The van der Waals surface area contributed by atoms with Gasteiger partial charge in [-0.05, 0) is 49.8 Å². The predicted octanol–water partition coefficient (Wildman–Crippen LogP) is 4.32. The van der Waals surface area contributed by atoms with E-state index in [9.17, 15) is 4.39 Å². The number of hydrogen-bond donors (Lipinski definition) is 1. The van der Waals surface area contributed by atoms with Gasteiger partial charge in [-0.2, -0.15) is 0 Å². The highest BCUT2D eigenvalue weighted by Crippen LogP contribution is 2.23. The van der Waals surface area contributed by atoms with Crippen molar-refractivity contribution < 1.29 is 4.39 Å². The second-order valence-electron chi connectivity index (χ2n) is 6.12. The standard InChI is InChI=1S/C17H26FN/c1-13-6-4-3-5-7-17(13)19-14(2)12-15-8-10-16(18)11-9-15/h8-11,13-14,17,19H,3-7,12H2,1-2H3. The highest BCUT2D eigenvalue weighted by molar-refractivity contribution is 5.17. The van der Waals surface area contributed by atoms with Gasteiger partial charge in [-0.25, -0.2) is 4.39 Å². The molecule has 2 rings (SSSR count). The molecule has 0 aliphatic heterocycles. The van der Waals surface area contributed by atoms with E-state index in [4.69, 9.17) is 0 Å². The quantitative estimate of drug-likeness (QED) is 0.798. The first-order valence-electron chi connectivity index (χ1n) is 7.65. The first-order valence-corrected chi connectivity index (χ1v) is 7.65. The Morgan fingerprint density at radius 3 is 2.58 bits per heavy atom. The lowest BCUT2D eigenvalue weighted by atomic mass is 9.95. The van der Waals surface area contributed by atoms with E-state index in [1.165, 1.54) is 37.7 Å². The summed E-state index contributed by atoms with van der Waals surface area (Å²) in [5.74, 6) is 0.625. The normalized spacial score (nSPS) is 25.8. The fourth-order valence-corrected chi connectivity index (χ4v) is 3.14. The second-order valence-corrected chi connectivity index (χ2v) is 6.12. The van der Waals surface area contributed by atoms with Crippen molar-refractivity contribution >= 4 is 0 Å². The minimum Gasteiger partial charge on any atom is -0.311 e. The van der Waals surface area contributed by atoms with E-state index >= 15 is 0 Å². The molecule has 1 saturated carbocycles. The molecular weight excluding hydrogens is 237 g/mol. The number of benzene rings is 1. The van der Waals surface area contributed by atoms with Crippen LogP contribution in [0.4, 0.5) is 4.39 Å². The smallest absolute Gasteiger partial charge is 0.123 e. The van der Waals surface area contributed by atoms with Gasteiger partial charge in [-0.1, -0.05) is 38.3 Å². The van der Waals surface area contributed by atoms with Crippen molar-refractivity contribution in [2.45, 2.75) is 64.5 Å². The first-order chi connectivity index (χ1) is 9.15. The zero-order valence-electron chi connectivity index (χ0n) is 12.2. The van der Waals surface area contributed by atoms with E-state index in [0.717, 1.165) is 12.3 Å². The molecule has 1 fully saturated rings. The molecule has 106 valence electrons. The van der Waals surface area contributed by atoms with Gasteiger partial charge in [0, 0.05) is 12.1 Å². The van der Waals surface area contributed by atoms with E-state index in [1.807, 2.05) is 12.1 Å². The van der Waals surface area contributed by atoms with E-state index in [1.54, 1.807) is 12.1 Å². The van der Waals surface area contributed by atoms with Crippen molar-refractivity contribution in [2.75, 3.05) is 0 Å². The molecule has 0 radical (unpaired) electrons. The van der Waals surface area contributed by atoms with Gasteiger partial charge in [-0.15, -0.1) is 0 Å². The van der Waals surface area contributed by atoms with E-state index in [2.05, 4.69) is 19.2 Å². The minimum atomic E-state index is -0.151. The molecule has 3 unspecified atom stereocenters. The molecule has 19 heavy (non-hydrogen) atoms. The van der Waals surface area contributed by atoms with Gasteiger partial charge in [0.05, 0.1) is 0 Å². The first kappa shape index (κ1) is 14.5. The van der Waals surface area contributed by atoms with E-state index in [-0.39, 0.29) is 5.82 Å². The molecule has 0 spiro atoms. The molecule has 0 amide bonds. The van der Waals surface area contributed by atoms with E-state index in [0.29, 0.717) is 12.1 Å². The summed E-state index contributed by atoms with van der Waals surface area (Å²) in [6, 6.07) is 8.00. The summed E-state index contributed by atoms with van der Waals surface area (Å²) in [6.07, 6.45) is 7.74. The van der Waals surface area contributed by atoms with Crippen LogP contribution in [0.15, 0.2) is 24.3 Å². The Morgan fingerprint density at radius 2 is 1.84 bits per heavy atom. The molecular formula is C17H26FN. The lowest BCUT2D eigenvalue weighted by molar-refractivity contribution is 0.326. The molecule has 0 bridgehead atoms. The molecule has 0 heterocycles. The summed E-state index contributed by atoms with van der Waals surface area (Å²) in [5.41, 5.74) is 1.21. The molecule has 1 nitrogen and oxygen atoms in total. The van der Waals surface area contributed by atoms with Crippen LogP contribution in [0.2, 0.25) is 0 Å². The van der Waals surface area contributed by atoms with Gasteiger partial charge in [0.15, 0.2) is 0 Å². The lowest BCUT2D eigenvalue weighted by Crippen LogP contribution is -2.41. The fourth-order valence-electron chi connectivity index (χ4n) is 3.14. The van der Waals surface area contributed by atoms with Crippen LogP contribution in [0.5, 0.6) is 0 Å². The number of halogens is 1. The van der Waals surface area contributed by atoms with Crippen molar-refractivity contribution in [3.8, 4) is 0 Å². The highest BCUT2D eigenvalue weighted by Gasteiger charge is 2.21. The van der Waals surface area contributed by atoms with Gasteiger partial charge >= 0.3 is 0 Å². The maximum Gasteiger partial charge on any atom is 0.123 e. The Balaban J connectivity index is 1.85. The average Bonchev–Trinajstić information content (AvgIpc) is 2.58. The summed E-state index contributed by atoms with van der Waals surface area (Å²) in [4.78, 5) is 0. The summed E-state index contributed by atoms with van der Waals surface area (Å²) in [7, 11) is 0. The summed E-state index contributed by atoms with van der Waals surface area (Å²) >= 11 is 0. The van der Waals surface area contributed by atoms with Crippen LogP contribution in [0, 0.1) is 11.7 Å². The van der Waals surface area contributed by atoms with Crippen molar-refractivity contribution in [3.05, 3.63) is 35.6 Å². The zero-order chi connectivity index (χ0) is 13.7. The Bertz CT molecular complexity index is 373. The van der Waals surface area contributed by atoms with Crippen LogP contribution in [-0.4, -0.2) is 12.1 Å². The van der Waals surface area contributed by atoms with Gasteiger partial charge in [0.2, 0.25) is 0 Å². The molecule has 1 aromatic rings. The van der Waals surface area contributed by atoms with Crippen molar-refractivity contribution in [1.82, 2.24) is 5.32 Å². The van der Waals surface area contributed by atoms with E-state index < -0.39 is 0 Å². The molecule has 1 aliphatic rings. The molecule has 1 N–H and O–H groups in total. The Morgan fingerprint density at radius 1 is 1.16 bits per heavy atom. The zero-order valence-corrected chi connectivity index (χ0v) is 12.2. The molecule has 2 heteroatoms. The van der Waals surface area contributed by atoms with Crippen molar-refractivity contribution in [3.63, 3.8) is 0 Å². The van der Waals surface area contributed by atoms with Crippen LogP contribution < -0.4 is 5.32 Å². The summed E-state index contributed by atoms with van der Waals surface area (Å²) < 4.78 is 12.9. The van der Waals surface area contributed by atoms with Gasteiger partial charge < -0.3 is 5.32 Å². The van der Waals surface area contributed by atoms with Crippen LogP contribution in [-0.2, 0) is 6.42 Å². The third-order valence-corrected chi connectivity index (χ3v) is 4.32.